The molecule has 5 nitrogen and oxygen atoms in total. The van der Waals surface area contributed by atoms with Crippen LogP contribution in [0.15, 0.2) is 24.3 Å². The summed E-state index contributed by atoms with van der Waals surface area (Å²) in [5.41, 5.74) is 0.753. The lowest BCUT2D eigenvalue weighted by molar-refractivity contribution is 0.161. The molecule has 0 radical (unpaired) electrons. The van der Waals surface area contributed by atoms with Crippen LogP contribution >= 0.6 is 0 Å². The molecule has 1 atom stereocenters. The molecule has 2 heterocycles. The molecule has 0 amide bonds. The number of hydrogen-bond acceptors (Lipinski definition) is 3. The van der Waals surface area contributed by atoms with Gasteiger partial charge < -0.3 is 4.90 Å². The van der Waals surface area contributed by atoms with Crippen molar-refractivity contribution in [2.75, 3.05) is 46.3 Å². The number of piperidine rings is 1. The molecule has 0 bridgehead atoms. The summed E-state index contributed by atoms with van der Waals surface area (Å²) >= 11 is 0. The van der Waals surface area contributed by atoms with Gasteiger partial charge in [-0.05, 0) is 56.2 Å². The van der Waals surface area contributed by atoms with Crippen LogP contribution in [-0.4, -0.2) is 68.2 Å². The number of benzene rings is 1. The molecule has 1 unspecified atom stereocenters. The average Bonchev–Trinajstić information content (AvgIpc) is 3.17. The van der Waals surface area contributed by atoms with Crippen molar-refractivity contribution in [2.24, 2.45) is 5.92 Å². The highest BCUT2D eigenvalue weighted by Gasteiger charge is 2.31. The first kappa shape index (κ1) is 19.7. The maximum Gasteiger partial charge on any atom is 0.281 e. The van der Waals surface area contributed by atoms with E-state index in [2.05, 4.69) is 4.90 Å². The molecule has 26 heavy (non-hydrogen) atoms. The van der Waals surface area contributed by atoms with E-state index in [1.165, 1.54) is 10.4 Å². The van der Waals surface area contributed by atoms with Gasteiger partial charge >= 0.3 is 0 Å². The van der Waals surface area contributed by atoms with E-state index < -0.39 is 10.2 Å². The van der Waals surface area contributed by atoms with Gasteiger partial charge in [-0.2, -0.15) is 17.0 Å². The number of hydrogen-bond donors (Lipinski definition) is 0. The van der Waals surface area contributed by atoms with Gasteiger partial charge in [-0.25, -0.2) is 4.39 Å². The lowest BCUT2D eigenvalue weighted by Crippen LogP contribution is -2.46. The molecule has 7 heteroatoms. The van der Waals surface area contributed by atoms with Gasteiger partial charge in [0.2, 0.25) is 0 Å². The highest BCUT2D eigenvalue weighted by atomic mass is 32.2. The molecule has 1 aromatic rings. The van der Waals surface area contributed by atoms with E-state index in [1.807, 2.05) is 12.1 Å². The first-order valence-electron chi connectivity index (χ1n) is 9.64. The summed E-state index contributed by atoms with van der Waals surface area (Å²) < 4.78 is 42.2. The Bertz CT molecular complexity index is 692. The summed E-state index contributed by atoms with van der Waals surface area (Å²) in [6, 6.07) is 6.93. The van der Waals surface area contributed by atoms with Gasteiger partial charge in [0, 0.05) is 39.8 Å². The Labute approximate surface area is 157 Å². The Hall–Kier alpha value is -1.02. The molecule has 3 rings (SSSR count). The predicted molar refractivity (Wildman–Crippen MR) is 102 cm³/mol. The maximum absolute atomic E-state index is 13.8. The summed E-state index contributed by atoms with van der Waals surface area (Å²) in [6.45, 7) is 4.56. The fourth-order valence-electron chi connectivity index (χ4n) is 4.06. The van der Waals surface area contributed by atoms with Crippen LogP contribution in [0.2, 0.25) is 0 Å². The lowest BCUT2D eigenvalue weighted by atomic mass is 9.97. The zero-order valence-corrected chi connectivity index (χ0v) is 16.4. The largest absolute Gasteiger partial charge is 0.303 e. The molecule has 0 aromatic heterocycles. The fourth-order valence-corrected chi connectivity index (χ4v) is 5.57. The molecule has 2 saturated heterocycles. The number of likely N-dealkylation sites (tertiary alicyclic amines) is 1. The minimum Gasteiger partial charge on any atom is -0.303 e. The van der Waals surface area contributed by atoms with Gasteiger partial charge in [0.25, 0.3) is 10.2 Å². The molecule has 0 N–H and O–H groups in total. The molecule has 2 aliphatic rings. The quantitative estimate of drug-likeness (QED) is 0.726. The Kier molecular flexibility index (Phi) is 6.66. The normalized spacial score (nSPS) is 23.0. The monoisotopic (exact) mass is 383 g/mol. The van der Waals surface area contributed by atoms with Gasteiger partial charge in [0.15, 0.2) is 0 Å². The zero-order valence-electron chi connectivity index (χ0n) is 15.6. The van der Waals surface area contributed by atoms with Crippen molar-refractivity contribution in [3.8, 4) is 0 Å². The van der Waals surface area contributed by atoms with E-state index >= 15 is 0 Å². The second kappa shape index (κ2) is 8.78. The van der Waals surface area contributed by atoms with Crippen LogP contribution in [0, 0.1) is 11.7 Å². The van der Waals surface area contributed by atoms with Crippen molar-refractivity contribution in [3.05, 3.63) is 35.6 Å². The maximum atomic E-state index is 13.8. The fraction of sp³-hybridized carbons (Fsp3) is 0.684. The zero-order chi connectivity index (χ0) is 18.6. The van der Waals surface area contributed by atoms with Crippen LogP contribution in [0.1, 0.15) is 31.2 Å². The van der Waals surface area contributed by atoms with Crippen LogP contribution in [-0.2, 0) is 16.6 Å². The van der Waals surface area contributed by atoms with Gasteiger partial charge in [0.1, 0.15) is 5.82 Å². The third kappa shape index (κ3) is 4.82. The van der Waals surface area contributed by atoms with E-state index in [9.17, 15) is 12.8 Å². The second-order valence-corrected chi connectivity index (χ2v) is 9.58. The smallest absolute Gasteiger partial charge is 0.281 e. The summed E-state index contributed by atoms with van der Waals surface area (Å²) in [5, 5.41) is 0. The van der Waals surface area contributed by atoms with Crippen LogP contribution in [0.5, 0.6) is 0 Å². The van der Waals surface area contributed by atoms with Gasteiger partial charge in [-0.15, -0.1) is 0 Å². The van der Waals surface area contributed by atoms with Crippen LogP contribution in [0.3, 0.4) is 0 Å². The second-order valence-electron chi connectivity index (χ2n) is 7.54. The van der Waals surface area contributed by atoms with Gasteiger partial charge in [0.05, 0.1) is 0 Å². The van der Waals surface area contributed by atoms with E-state index in [4.69, 9.17) is 0 Å². The first-order valence-corrected chi connectivity index (χ1v) is 11.0. The molecule has 2 aliphatic heterocycles. The lowest BCUT2D eigenvalue weighted by Gasteiger charge is -2.35. The van der Waals surface area contributed by atoms with Crippen LogP contribution < -0.4 is 0 Å². The van der Waals surface area contributed by atoms with Gasteiger partial charge in [-0.3, -0.25) is 0 Å². The third-order valence-electron chi connectivity index (χ3n) is 5.56. The van der Waals surface area contributed by atoms with Crippen molar-refractivity contribution < 1.29 is 12.8 Å². The Balaban J connectivity index is 1.51. The topological polar surface area (TPSA) is 43.9 Å². The summed E-state index contributed by atoms with van der Waals surface area (Å²) in [5.74, 6) is 0.198. The first-order chi connectivity index (χ1) is 12.5. The van der Waals surface area contributed by atoms with E-state index in [0.717, 1.165) is 50.9 Å². The van der Waals surface area contributed by atoms with E-state index in [-0.39, 0.29) is 5.82 Å². The Morgan fingerprint density at radius 3 is 2.62 bits per heavy atom. The van der Waals surface area contributed by atoms with Crippen molar-refractivity contribution in [1.82, 2.24) is 13.5 Å². The Morgan fingerprint density at radius 1 is 1.15 bits per heavy atom. The highest BCUT2D eigenvalue weighted by molar-refractivity contribution is 7.86. The SMILES string of the molecule is CN(CC1CCCN(CCc2ccccc2F)C1)S(=O)(=O)N1CCCC1. The standard InChI is InChI=1S/C19H30FN3O2S/c1-21(26(24,25)23-12-4-5-13-23)15-17-7-6-11-22(16-17)14-10-18-8-2-3-9-19(18)20/h2-3,8-9,17H,4-7,10-16H2,1H3. The molecular formula is C19H30FN3O2S. The van der Waals surface area contributed by atoms with E-state index in [1.54, 1.807) is 17.4 Å². The highest BCUT2D eigenvalue weighted by Crippen LogP contribution is 2.21. The average molecular weight is 384 g/mol. The van der Waals surface area contributed by atoms with Gasteiger partial charge in [-0.1, -0.05) is 18.2 Å². The summed E-state index contributed by atoms with van der Waals surface area (Å²) in [6.07, 6.45) is 4.73. The molecule has 0 spiro atoms. The molecule has 1 aromatic carbocycles. The third-order valence-corrected chi connectivity index (χ3v) is 7.51. The number of rotatable bonds is 7. The van der Waals surface area contributed by atoms with Crippen LogP contribution in [0.25, 0.3) is 0 Å². The molecule has 0 saturated carbocycles. The predicted octanol–water partition coefficient (Wildman–Crippen LogP) is 2.35. The van der Waals surface area contributed by atoms with Crippen LogP contribution in [0.4, 0.5) is 4.39 Å². The summed E-state index contributed by atoms with van der Waals surface area (Å²) in [4.78, 5) is 2.34. The molecule has 2 fully saturated rings. The van der Waals surface area contributed by atoms with Crippen molar-refractivity contribution in [1.29, 1.82) is 0 Å². The van der Waals surface area contributed by atoms with Crippen molar-refractivity contribution in [3.63, 3.8) is 0 Å². The number of halogens is 1. The van der Waals surface area contributed by atoms with Crippen molar-refractivity contribution >= 4 is 10.2 Å². The minimum atomic E-state index is -3.32. The molecule has 146 valence electrons. The van der Waals surface area contributed by atoms with Crippen molar-refractivity contribution in [2.45, 2.75) is 32.1 Å². The minimum absolute atomic E-state index is 0.141. The summed E-state index contributed by atoms with van der Waals surface area (Å²) in [7, 11) is -1.62. The number of nitrogens with zero attached hydrogens (tertiary/aromatic N) is 3. The Morgan fingerprint density at radius 2 is 1.88 bits per heavy atom. The van der Waals surface area contributed by atoms with E-state index in [0.29, 0.717) is 32.0 Å². The molecule has 0 aliphatic carbocycles. The molecular weight excluding hydrogens is 353 g/mol.